The Morgan fingerprint density at radius 2 is 2.14 bits per heavy atom. The van der Waals surface area contributed by atoms with Crippen LogP contribution in [0.15, 0.2) is 23.1 Å². The van der Waals surface area contributed by atoms with Crippen LogP contribution in [0.4, 0.5) is 4.39 Å². The summed E-state index contributed by atoms with van der Waals surface area (Å²) in [6, 6.07) is 4.41. The molecule has 122 valence electrons. The second-order valence-electron chi connectivity index (χ2n) is 5.29. The van der Waals surface area contributed by atoms with E-state index in [1.807, 2.05) is 0 Å². The zero-order valence-electron chi connectivity index (χ0n) is 12.3. The lowest BCUT2D eigenvalue weighted by Crippen LogP contribution is -2.39. The topological polar surface area (TPSA) is 72.2 Å². The minimum absolute atomic E-state index is 0. The van der Waals surface area contributed by atoms with Crippen molar-refractivity contribution < 1.29 is 14.0 Å². The van der Waals surface area contributed by atoms with E-state index in [0.717, 1.165) is 12.8 Å². The number of hydrogen-bond acceptors (Lipinski definition) is 4. The molecule has 0 aromatic heterocycles. The van der Waals surface area contributed by atoms with Gasteiger partial charge in [0.25, 0.3) is 0 Å². The molecule has 7 heteroatoms. The molecular formula is C15H20ClFN2O2S. The fraction of sp³-hybridized carbons (Fsp3) is 0.467. The van der Waals surface area contributed by atoms with E-state index in [4.69, 9.17) is 5.73 Å². The number of hydrogen-bond donors (Lipinski definition) is 2. The Morgan fingerprint density at radius 3 is 2.68 bits per heavy atom. The van der Waals surface area contributed by atoms with Crippen LogP contribution < -0.4 is 11.1 Å². The fourth-order valence-electron chi connectivity index (χ4n) is 1.99. The third kappa shape index (κ3) is 5.59. The summed E-state index contributed by atoms with van der Waals surface area (Å²) >= 11 is 1.23. The van der Waals surface area contributed by atoms with Gasteiger partial charge >= 0.3 is 0 Å². The van der Waals surface area contributed by atoms with Crippen molar-refractivity contribution in [3.8, 4) is 0 Å². The van der Waals surface area contributed by atoms with Crippen molar-refractivity contribution in [3.63, 3.8) is 0 Å². The maximum Gasteiger partial charge on any atom is 0.230 e. The van der Waals surface area contributed by atoms with E-state index in [9.17, 15) is 14.0 Å². The van der Waals surface area contributed by atoms with E-state index in [0.29, 0.717) is 17.4 Å². The van der Waals surface area contributed by atoms with Gasteiger partial charge in [-0.25, -0.2) is 4.39 Å². The lowest BCUT2D eigenvalue weighted by Gasteiger charge is -2.11. The average molecular weight is 347 g/mol. The molecule has 4 nitrogen and oxygen atoms in total. The summed E-state index contributed by atoms with van der Waals surface area (Å²) in [5, 5.41) is 2.79. The smallest absolute Gasteiger partial charge is 0.230 e. The maximum atomic E-state index is 13.6. The van der Waals surface area contributed by atoms with Crippen LogP contribution in [-0.4, -0.2) is 30.0 Å². The molecule has 2 rings (SSSR count). The van der Waals surface area contributed by atoms with Gasteiger partial charge in [0.2, 0.25) is 5.91 Å². The number of rotatable bonds is 7. The molecule has 3 N–H and O–H groups in total. The molecule has 0 heterocycles. The molecule has 1 unspecified atom stereocenters. The highest BCUT2D eigenvalue weighted by atomic mass is 35.5. The molecule has 0 aliphatic heterocycles. The number of benzene rings is 1. The van der Waals surface area contributed by atoms with Crippen LogP contribution in [0.3, 0.4) is 0 Å². The molecule has 1 aromatic carbocycles. The number of carbonyl (C=O) groups excluding carboxylic acids is 2. The molecule has 1 aromatic rings. The van der Waals surface area contributed by atoms with Gasteiger partial charge in [0, 0.05) is 17.5 Å². The quantitative estimate of drug-likeness (QED) is 0.587. The van der Waals surface area contributed by atoms with Crippen molar-refractivity contribution >= 4 is 35.9 Å². The SMILES string of the molecule is CC(=O)c1ccc(SCC(=O)NCC(N)C2CC2)cc1F.Cl. The lowest BCUT2D eigenvalue weighted by atomic mass is 10.1. The highest BCUT2D eigenvalue weighted by Gasteiger charge is 2.28. The van der Waals surface area contributed by atoms with Gasteiger partial charge in [-0.05, 0) is 43.9 Å². The van der Waals surface area contributed by atoms with Crippen LogP contribution in [0.5, 0.6) is 0 Å². The number of nitrogens with one attached hydrogen (secondary N) is 1. The number of thioether (sulfide) groups is 1. The average Bonchev–Trinajstić information content (AvgIpc) is 3.26. The minimum Gasteiger partial charge on any atom is -0.354 e. The summed E-state index contributed by atoms with van der Waals surface area (Å²) in [6.07, 6.45) is 2.29. The molecule has 0 spiro atoms. The molecule has 1 amide bonds. The Kier molecular flexibility index (Phi) is 7.32. The Labute approximate surface area is 139 Å². The van der Waals surface area contributed by atoms with Crippen molar-refractivity contribution in [2.45, 2.75) is 30.7 Å². The van der Waals surface area contributed by atoms with Crippen molar-refractivity contribution in [1.82, 2.24) is 5.32 Å². The number of carbonyl (C=O) groups is 2. The summed E-state index contributed by atoms with van der Waals surface area (Å²) in [4.78, 5) is 23.4. The van der Waals surface area contributed by atoms with Gasteiger partial charge in [-0.2, -0.15) is 0 Å². The van der Waals surface area contributed by atoms with Crippen molar-refractivity contribution in [2.75, 3.05) is 12.3 Å². The van der Waals surface area contributed by atoms with E-state index in [1.165, 1.54) is 30.8 Å². The fourth-order valence-corrected chi connectivity index (χ4v) is 2.74. The maximum absolute atomic E-state index is 13.6. The third-order valence-corrected chi connectivity index (χ3v) is 4.45. The van der Waals surface area contributed by atoms with Gasteiger partial charge in [0.05, 0.1) is 11.3 Å². The first-order valence-corrected chi connectivity index (χ1v) is 7.91. The van der Waals surface area contributed by atoms with Crippen LogP contribution in [0, 0.1) is 11.7 Å². The van der Waals surface area contributed by atoms with Crippen molar-refractivity contribution in [3.05, 3.63) is 29.6 Å². The number of halogens is 2. The van der Waals surface area contributed by atoms with E-state index in [2.05, 4.69) is 5.32 Å². The predicted octanol–water partition coefficient (Wildman–Crippen LogP) is 2.40. The second-order valence-corrected chi connectivity index (χ2v) is 6.34. The van der Waals surface area contributed by atoms with Gasteiger partial charge < -0.3 is 11.1 Å². The molecule has 1 aliphatic carbocycles. The van der Waals surface area contributed by atoms with Crippen LogP contribution in [0.2, 0.25) is 0 Å². The molecule has 0 radical (unpaired) electrons. The van der Waals surface area contributed by atoms with Crippen molar-refractivity contribution in [1.29, 1.82) is 0 Å². The Hall–Kier alpha value is -1.11. The molecule has 1 aliphatic rings. The van der Waals surface area contributed by atoms with E-state index in [1.54, 1.807) is 6.07 Å². The number of ketones is 1. The van der Waals surface area contributed by atoms with Crippen LogP contribution in [0.1, 0.15) is 30.1 Å². The first-order chi connectivity index (χ1) is 9.97. The van der Waals surface area contributed by atoms with E-state index >= 15 is 0 Å². The second kappa shape index (κ2) is 8.50. The molecule has 1 saturated carbocycles. The first kappa shape index (κ1) is 18.9. The lowest BCUT2D eigenvalue weighted by molar-refractivity contribution is -0.118. The Balaban J connectivity index is 0.00000242. The molecule has 0 saturated heterocycles. The summed E-state index contributed by atoms with van der Waals surface area (Å²) in [5.41, 5.74) is 5.97. The van der Waals surface area contributed by atoms with Gasteiger partial charge in [-0.1, -0.05) is 0 Å². The predicted molar refractivity (Wildman–Crippen MR) is 88.1 cm³/mol. The van der Waals surface area contributed by atoms with Gasteiger partial charge in [0.15, 0.2) is 5.78 Å². The Morgan fingerprint density at radius 1 is 1.45 bits per heavy atom. The molecule has 0 bridgehead atoms. The minimum atomic E-state index is -0.552. The van der Waals surface area contributed by atoms with E-state index in [-0.39, 0.29) is 41.5 Å². The molecule has 22 heavy (non-hydrogen) atoms. The highest BCUT2D eigenvalue weighted by Crippen LogP contribution is 2.31. The normalized spacial score (nSPS) is 14.9. The number of Topliss-reactive ketones (excluding diaryl/α,β-unsaturated/α-hetero) is 1. The van der Waals surface area contributed by atoms with Crippen molar-refractivity contribution in [2.24, 2.45) is 11.7 Å². The molecular weight excluding hydrogens is 327 g/mol. The van der Waals surface area contributed by atoms with E-state index < -0.39 is 5.82 Å². The summed E-state index contributed by atoms with van der Waals surface area (Å²) in [5.74, 6) is -0.228. The largest absolute Gasteiger partial charge is 0.354 e. The molecule has 1 atom stereocenters. The molecule has 1 fully saturated rings. The monoisotopic (exact) mass is 346 g/mol. The summed E-state index contributed by atoms with van der Waals surface area (Å²) < 4.78 is 13.6. The number of nitrogens with two attached hydrogens (primary N) is 1. The zero-order valence-corrected chi connectivity index (χ0v) is 13.9. The standard InChI is InChI=1S/C15H19FN2O2S.ClH/c1-9(19)12-5-4-11(6-13(12)16)21-8-15(20)18-7-14(17)10-2-3-10;/h4-6,10,14H,2-3,7-8,17H2,1H3,(H,18,20);1H. The summed E-state index contributed by atoms with van der Waals surface area (Å²) in [6.45, 7) is 1.81. The zero-order chi connectivity index (χ0) is 15.4. The van der Waals surface area contributed by atoms with Crippen LogP contribution in [0.25, 0.3) is 0 Å². The first-order valence-electron chi connectivity index (χ1n) is 6.93. The van der Waals surface area contributed by atoms with Gasteiger partial charge in [-0.15, -0.1) is 24.2 Å². The van der Waals surface area contributed by atoms with Crippen LogP contribution >= 0.6 is 24.2 Å². The third-order valence-electron chi connectivity index (χ3n) is 3.45. The van der Waals surface area contributed by atoms with Crippen LogP contribution in [-0.2, 0) is 4.79 Å². The Bertz CT molecular complexity index is 552. The highest BCUT2D eigenvalue weighted by molar-refractivity contribution is 8.00. The summed E-state index contributed by atoms with van der Waals surface area (Å²) in [7, 11) is 0. The van der Waals surface area contributed by atoms with Gasteiger partial charge in [0.1, 0.15) is 5.82 Å². The van der Waals surface area contributed by atoms with Gasteiger partial charge in [-0.3, -0.25) is 9.59 Å². The number of amides is 1.